The van der Waals surface area contributed by atoms with E-state index in [1.165, 1.54) is 0 Å². The third kappa shape index (κ3) is 4740. The minimum absolute atomic E-state index is 0. The smallest absolute Gasteiger partial charge is 0.0483 e. The first-order valence-corrected chi connectivity index (χ1v) is 4.24. The van der Waals surface area contributed by atoms with Crippen LogP contribution in [-0.4, -0.2) is 33.6 Å². The van der Waals surface area contributed by atoms with Crippen LogP contribution in [0.4, 0.5) is 0 Å². The third-order valence-corrected chi connectivity index (χ3v) is 0. The van der Waals surface area contributed by atoms with Crippen LogP contribution < -0.4 is 0 Å². The molecule has 0 aliphatic carbocycles. The topological polar surface area (TPSA) is 60.7 Å². The average molecular weight is 366 g/mol. The molecular formula is C9H24O3Re. The van der Waals surface area contributed by atoms with Crippen molar-refractivity contribution >= 4 is 0 Å². The van der Waals surface area contributed by atoms with Crippen LogP contribution in [0.3, 0.4) is 0 Å². The molecular weight excluding hydrogens is 342 g/mol. The fourth-order valence-electron chi connectivity index (χ4n) is 0. The van der Waals surface area contributed by atoms with Gasteiger partial charge in [0, 0.05) is 38.7 Å². The number of hydrogen-bond donors (Lipinski definition) is 3. The molecule has 0 unspecified atom stereocenters. The molecule has 13 heavy (non-hydrogen) atoms. The van der Waals surface area contributed by atoms with Gasteiger partial charge in [0.2, 0.25) is 0 Å². The molecule has 0 aliphatic rings. The van der Waals surface area contributed by atoms with Gasteiger partial charge in [-0.1, -0.05) is 0 Å². The van der Waals surface area contributed by atoms with E-state index < -0.39 is 0 Å². The molecule has 0 aromatic heterocycles. The van der Waals surface area contributed by atoms with Crippen LogP contribution in [0.15, 0.2) is 0 Å². The van der Waals surface area contributed by atoms with E-state index in [4.69, 9.17) is 15.3 Å². The van der Waals surface area contributed by atoms with Crippen molar-refractivity contribution in [2.75, 3.05) is 0 Å². The molecule has 0 amide bonds. The largest absolute Gasteiger partial charge is 0.394 e. The van der Waals surface area contributed by atoms with Crippen LogP contribution >= 0.6 is 0 Å². The second-order valence-electron chi connectivity index (χ2n) is 3.28. The van der Waals surface area contributed by atoms with Crippen LogP contribution in [0, 0.1) is 0 Å². The summed E-state index contributed by atoms with van der Waals surface area (Å²) in [6, 6.07) is 0. The van der Waals surface area contributed by atoms with Gasteiger partial charge in [0.1, 0.15) is 0 Å². The number of hydrogen-bond acceptors (Lipinski definition) is 3. The van der Waals surface area contributed by atoms with Gasteiger partial charge in [-0.05, 0) is 41.5 Å². The molecule has 0 aromatic carbocycles. The molecule has 0 aliphatic heterocycles. The maximum absolute atomic E-state index is 8.06. The minimum Gasteiger partial charge on any atom is -0.394 e. The molecule has 0 rings (SSSR count). The fourth-order valence-corrected chi connectivity index (χ4v) is 0. The molecule has 0 bridgehead atoms. The second-order valence-corrected chi connectivity index (χ2v) is 3.28. The zero-order valence-corrected chi connectivity index (χ0v) is 12.2. The van der Waals surface area contributed by atoms with Gasteiger partial charge in [0.15, 0.2) is 0 Å². The Morgan fingerprint density at radius 1 is 0.538 bits per heavy atom. The first kappa shape index (κ1) is 23.4. The summed E-state index contributed by atoms with van der Waals surface area (Å²) in [5, 5.41) is 24.2. The summed E-state index contributed by atoms with van der Waals surface area (Å²) in [5.41, 5.74) is 0. The van der Waals surface area contributed by atoms with E-state index in [9.17, 15) is 0 Å². The molecule has 3 N–H and O–H groups in total. The molecule has 0 aromatic rings. The fraction of sp³-hybridized carbons (Fsp3) is 1.00. The molecule has 0 saturated carbocycles. The quantitative estimate of drug-likeness (QED) is 0.603. The SMILES string of the molecule is CC(C)O.CC(C)O.CC(C)O.[Re]. The van der Waals surface area contributed by atoms with E-state index in [1.807, 2.05) is 0 Å². The number of rotatable bonds is 0. The Morgan fingerprint density at radius 3 is 0.538 bits per heavy atom. The molecule has 85 valence electrons. The maximum Gasteiger partial charge on any atom is 0.0483 e. The molecule has 0 atom stereocenters. The monoisotopic (exact) mass is 367 g/mol. The first-order valence-electron chi connectivity index (χ1n) is 4.24. The van der Waals surface area contributed by atoms with Crippen molar-refractivity contribution < 1.29 is 35.7 Å². The van der Waals surface area contributed by atoms with Crippen molar-refractivity contribution in [3.63, 3.8) is 0 Å². The number of aliphatic hydroxyl groups excluding tert-OH is 3. The molecule has 0 spiro atoms. The summed E-state index contributed by atoms with van der Waals surface area (Å²) < 4.78 is 0. The zero-order chi connectivity index (χ0) is 10.7. The van der Waals surface area contributed by atoms with Crippen molar-refractivity contribution in [3.8, 4) is 0 Å². The normalized spacial score (nSPS) is 8.31. The zero-order valence-electron chi connectivity index (χ0n) is 9.45. The summed E-state index contributed by atoms with van der Waals surface area (Å²) in [6.07, 6.45) is -0.500. The van der Waals surface area contributed by atoms with Gasteiger partial charge in [-0.3, -0.25) is 0 Å². The van der Waals surface area contributed by atoms with Gasteiger partial charge < -0.3 is 15.3 Å². The van der Waals surface area contributed by atoms with E-state index in [2.05, 4.69) is 0 Å². The van der Waals surface area contributed by atoms with Crippen LogP contribution in [0.5, 0.6) is 0 Å². The Kier molecular flexibility index (Phi) is 33.0. The van der Waals surface area contributed by atoms with E-state index in [1.54, 1.807) is 41.5 Å². The van der Waals surface area contributed by atoms with Crippen LogP contribution in [0.1, 0.15) is 41.5 Å². The Hall–Kier alpha value is 0.542. The Bertz CT molecular complexity index is 43.4. The average Bonchev–Trinajstić information content (AvgIpc) is 1.54. The van der Waals surface area contributed by atoms with Gasteiger partial charge in [-0.25, -0.2) is 0 Å². The van der Waals surface area contributed by atoms with Gasteiger partial charge in [-0.2, -0.15) is 0 Å². The van der Waals surface area contributed by atoms with E-state index in [0.717, 1.165) is 0 Å². The summed E-state index contributed by atoms with van der Waals surface area (Å²) >= 11 is 0. The molecule has 0 fully saturated rings. The van der Waals surface area contributed by atoms with Crippen LogP contribution in [0.2, 0.25) is 0 Å². The standard InChI is InChI=1S/3C3H8O.Re/c3*1-3(2)4;/h3*3-4H,1-2H3;. The summed E-state index contributed by atoms with van der Waals surface area (Å²) in [6.45, 7) is 10.3. The molecule has 1 radical (unpaired) electrons. The van der Waals surface area contributed by atoms with Gasteiger partial charge in [0.25, 0.3) is 0 Å². The molecule has 0 heterocycles. The van der Waals surface area contributed by atoms with Crippen molar-refractivity contribution in [1.82, 2.24) is 0 Å². The van der Waals surface area contributed by atoms with Crippen molar-refractivity contribution in [1.29, 1.82) is 0 Å². The summed E-state index contributed by atoms with van der Waals surface area (Å²) in [7, 11) is 0. The first-order chi connectivity index (χ1) is 5.20. The Balaban J connectivity index is -0.0000000450. The molecule has 3 nitrogen and oxygen atoms in total. The van der Waals surface area contributed by atoms with E-state index in [-0.39, 0.29) is 38.7 Å². The molecule has 0 saturated heterocycles. The van der Waals surface area contributed by atoms with Crippen LogP contribution in [-0.2, 0) is 20.4 Å². The minimum atomic E-state index is -0.167. The van der Waals surface area contributed by atoms with E-state index >= 15 is 0 Å². The van der Waals surface area contributed by atoms with Crippen molar-refractivity contribution in [3.05, 3.63) is 0 Å². The van der Waals surface area contributed by atoms with E-state index in [0.29, 0.717) is 0 Å². The van der Waals surface area contributed by atoms with Gasteiger partial charge in [-0.15, -0.1) is 0 Å². The molecule has 4 heteroatoms. The van der Waals surface area contributed by atoms with Crippen molar-refractivity contribution in [2.45, 2.75) is 59.9 Å². The maximum atomic E-state index is 8.06. The van der Waals surface area contributed by atoms with Crippen molar-refractivity contribution in [2.24, 2.45) is 0 Å². The predicted molar refractivity (Wildman–Crippen MR) is 52.1 cm³/mol. The third-order valence-electron chi connectivity index (χ3n) is 0. The summed E-state index contributed by atoms with van der Waals surface area (Å²) in [5.74, 6) is 0. The number of aliphatic hydroxyl groups is 3. The summed E-state index contributed by atoms with van der Waals surface area (Å²) in [4.78, 5) is 0. The van der Waals surface area contributed by atoms with Crippen LogP contribution in [0.25, 0.3) is 0 Å². The second kappa shape index (κ2) is 18.4. The van der Waals surface area contributed by atoms with Gasteiger partial charge in [0.05, 0.1) is 0 Å². The predicted octanol–water partition coefficient (Wildman–Crippen LogP) is 1.16. The van der Waals surface area contributed by atoms with Gasteiger partial charge >= 0.3 is 0 Å². The Morgan fingerprint density at radius 2 is 0.538 bits per heavy atom. The Labute approximate surface area is 95.8 Å².